The lowest BCUT2D eigenvalue weighted by Gasteiger charge is -2.37. The van der Waals surface area contributed by atoms with Crippen LogP contribution in [0, 0.1) is 5.92 Å². The van der Waals surface area contributed by atoms with Crippen molar-refractivity contribution >= 4 is 5.91 Å². The van der Waals surface area contributed by atoms with Crippen molar-refractivity contribution in [3.8, 4) is 5.75 Å². The Kier molecular flexibility index (Phi) is 6.39. The molecule has 0 atom stereocenters. The van der Waals surface area contributed by atoms with Gasteiger partial charge >= 0.3 is 0 Å². The van der Waals surface area contributed by atoms with Gasteiger partial charge in [-0.25, -0.2) is 4.98 Å². The maximum Gasteiger partial charge on any atom is 0.276 e. The normalized spacial score (nSPS) is 18.8. The minimum Gasteiger partial charge on any atom is -0.505 e. The van der Waals surface area contributed by atoms with Crippen molar-refractivity contribution in [2.75, 3.05) is 19.6 Å². The molecule has 0 unspecified atom stereocenters. The number of pyridine rings is 2. The van der Waals surface area contributed by atoms with E-state index in [2.05, 4.69) is 14.9 Å². The third kappa shape index (κ3) is 4.93. The number of carbonyl (C=O) groups is 1. The van der Waals surface area contributed by atoms with Crippen LogP contribution in [0.4, 0.5) is 0 Å². The molecule has 0 aromatic carbocycles. The summed E-state index contributed by atoms with van der Waals surface area (Å²) in [5.41, 5.74) is 1.11. The van der Waals surface area contributed by atoms with Gasteiger partial charge in [-0.05, 0) is 68.5 Å². The summed E-state index contributed by atoms with van der Waals surface area (Å²) in [6, 6.07) is 7.79. The molecule has 3 heterocycles. The lowest BCUT2D eigenvalue weighted by molar-refractivity contribution is 0.0641. The van der Waals surface area contributed by atoms with Crippen LogP contribution in [0.5, 0.6) is 5.75 Å². The van der Waals surface area contributed by atoms with Crippen molar-refractivity contribution in [1.29, 1.82) is 0 Å². The number of hydrogen-bond acceptors (Lipinski definition) is 5. The highest BCUT2D eigenvalue weighted by molar-refractivity contribution is 5.94. The van der Waals surface area contributed by atoms with Gasteiger partial charge in [-0.1, -0.05) is 18.9 Å². The number of likely N-dealkylation sites (tertiary alicyclic amines) is 1. The summed E-state index contributed by atoms with van der Waals surface area (Å²) < 4.78 is 0. The number of aromatic hydroxyl groups is 1. The Balaban J connectivity index is 1.44. The van der Waals surface area contributed by atoms with Crippen molar-refractivity contribution in [2.45, 2.75) is 51.1 Å². The molecule has 2 aliphatic rings. The fourth-order valence-electron chi connectivity index (χ4n) is 4.72. The van der Waals surface area contributed by atoms with Gasteiger partial charge in [0.25, 0.3) is 5.91 Å². The summed E-state index contributed by atoms with van der Waals surface area (Å²) in [6.07, 6.45) is 12.7. The van der Waals surface area contributed by atoms with Gasteiger partial charge in [-0.2, -0.15) is 0 Å². The van der Waals surface area contributed by atoms with Crippen LogP contribution in [0.2, 0.25) is 0 Å². The molecule has 2 fully saturated rings. The number of amides is 1. The summed E-state index contributed by atoms with van der Waals surface area (Å²) in [6.45, 7) is 3.41. The van der Waals surface area contributed by atoms with Crippen LogP contribution in [0.25, 0.3) is 0 Å². The molecule has 1 saturated carbocycles. The third-order valence-electron chi connectivity index (χ3n) is 6.34. The van der Waals surface area contributed by atoms with E-state index in [4.69, 9.17) is 0 Å². The number of piperidine rings is 1. The maximum atomic E-state index is 13.2. The minimum absolute atomic E-state index is 0.0651. The second-order valence-corrected chi connectivity index (χ2v) is 8.34. The summed E-state index contributed by atoms with van der Waals surface area (Å²) in [4.78, 5) is 26.0. The molecule has 6 heteroatoms. The molecular weight excluding hydrogens is 364 g/mol. The highest BCUT2D eigenvalue weighted by Gasteiger charge is 2.29. The van der Waals surface area contributed by atoms with Crippen LogP contribution in [0.15, 0.2) is 42.9 Å². The van der Waals surface area contributed by atoms with Crippen LogP contribution in [0.3, 0.4) is 0 Å². The number of nitrogens with zero attached hydrogens (tertiary/aromatic N) is 4. The van der Waals surface area contributed by atoms with Crippen molar-refractivity contribution in [2.24, 2.45) is 5.92 Å². The summed E-state index contributed by atoms with van der Waals surface area (Å²) in [5.74, 6) is 0.189. The molecule has 2 aromatic heterocycles. The van der Waals surface area contributed by atoms with E-state index in [9.17, 15) is 9.90 Å². The Morgan fingerprint density at radius 3 is 2.55 bits per heavy atom. The number of hydrogen-bond donors (Lipinski definition) is 1. The zero-order valence-corrected chi connectivity index (χ0v) is 16.9. The molecule has 1 saturated heterocycles. The van der Waals surface area contributed by atoms with Gasteiger partial charge in [0.1, 0.15) is 5.75 Å². The molecular formula is C23H30N4O2. The van der Waals surface area contributed by atoms with E-state index in [0.29, 0.717) is 19.0 Å². The number of rotatable bonds is 6. The van der Waals surface area contributed by atoms with Crippen molar-refractivity contribution < 1.29 is 9.90 Å². The molecule has 0 spiro atoms. The molecule has 1 aliphatic carbocycles. The summed E-state index contributed by atoms with van der Waals surface area (Å²) >= 11 is 0. The first-order valence-electron chi connectivity index (χ1n) is 10.8. The Morgan fingerprint density at radius 1 is 1.10 bits per heavy atom. The smallest absolute Gasteiger partial charge is 0.276 e. The molecule has 1 N–H and O–H groups in total. The van der Waals surface area contributed by atoms with Gasteiger partial charge in [0.05, 0.1) is 0 Å². The van der Waals surface area contributed by atoms with Gasteiger partial charge < -0.3 is 14.9 Å². The predicted octanol–water partition coefficient (Wildman–Crippen LogP) is 3.48. The molecule has 1 aliphatic heterocycles. The van der Waals surface area contributed by atoms with E-state index >= 15 is 0 Å². The highest BCUT2D eigenvalue weighted by atomic mass is 16.3. The van der Waals surface area contributed by atoms with Crippen LogP contribution >= 0.6 is 0 Å². The lowest BCUT2D eigenvalue weighted by atomic mass is 9.94. The SMILES string of the molecule is O=C(c1ncccc1O)N(Cc1cccnc1)CC1CCN(C2CCCC2)CC1. The monoisotopic (exact) mass is 394 g/mol. The molecule has 29 heavy (non-hydrogen) atoms. The van der Waals surface area contributed by atoms with E-state index in [1.54, 1.807) is 24.7 Å². The van der Waals surface area contributed by atoms with E-state index in [1.165, 1.54) is 31.7 Å². The number of aromatic nitrogens is 2. The quantitative estimate of drug-likeness (QED) is 0.812. The van der Waals surface area contributed by atoms with E-state index in [0.717, 1.165) is 37.5 Å². The molecule has 0 radical (unpaired) electrons. The summed E-state index contributed by atoms with van der Waals surface area (Å²) in [5, 5.41) is 10.1. The molecule has 4 rings (SSSR count). The second-order valence-electron chi connectivity index (χ2n) is 8.34. The van der Waals surface area contributed by atoms with Crippen LogP contribution in [-0.4, -0.2) is 56.5 Å². The molecule has 1 amide bonds. The molecule has 2 aromatic rings. The molecule has 154 valence electrons. The minimum atomic E-state index is -0.217. The predicted molar refractivity (Wildman–Crippen MR) is 111 cm³/mol. The van der Waals surface area contributed by atoms with Crippen molar-refractivity contribution in [3.63, 3.8) is 0 Å². The highest BCUT2D eigenvalue weighted by Crippen LogP contribution is 2.29. The first kappa shape index (κ1) is 19.8. The zero-order valence-electron chi connectivity index (χ0n) is 16.9. The Labute approximate surface area is 172 Å². The topological polar surface area (TPSA) is 69.6 Å². The standard InChI is InChI=1S/C23H30N4O2/c28-21-8-4-12-25-22(21)23(29)27(17-19-5-3-11-24-15-19)16-18-9-13-26(14-10-18)20-6-1-2-7-20/h3-5,8,11-12,15,18,20,28H,1-2,6-7,9-10,13-14,16-17H2. The number of carbonyl (C=O) groups excluding carboxylic acids is 1. The summed E-state index contributed by atoms with van der Waals surface area (Å²) in [7, 11) is 0. The fraction of sp³-hybridized carbons (Fsp3) is 0.522. The van der Waals surface area contributed by atoms with E-state index in [-0.39, 0.29) is 17.4 Å². The third-order valence-corrected chi connectivity index (χ3v) is 6.34. The average molecular weight is 395 g/mol. The average Bonchev–Trinajstić information content (AvgIpc) is 3.29. The second kappa shape index (κ2) is 9.35. The lowest BCUT2D eigenvalue weighted by Crippen LogP contribution is -2.43. The first-order valence-corrected chi connectivity index (χ1v) is 10.8. The van der Waals surface area contributed by atoms with Gasteiger partial charge in [0, 0.05) is 37.7 Å². The van der Waals surface area contributed by atoms with Gasteiger partial charge in [-0.3, -0.25) is 9.78 Å². The zero-order chi connectivity index (χ0) is 20.1. The van der Waals surface area contributed by atoms with Gasteiger partial charge in [0.15, 0.2) is 5.69 Å². The van der Waals surface area contributed by atoms with Crippen LogP contribution in [0.1, 0.15) is 54.6 Å². The first-order chi connectivity index (χ1) is 14.2. The molecule has 6 nitrogen and oxygen atoms in total. The molecule has 0 bridgehead atoms. The van der Waals surface area contributed by atoms with Crippen LogP contribution in [-0.2, 0) is 6.54 Å². The van der Waals surface area contributed by atoms with Crippen molar-refractivity contribution in [3.05, 3.63) is 54.1 Å². The Morgan fingerprint density at radius 2 is 1.86 bits per heavy atom. The van der Waals surface area contributed by atoms with E-state index in [1.807, 2.05) is 17.0 Å². The van der Waals surface area contributed by atoms with Gasteiger partial charge in [0.2, 0.25) is 0 Å². The largest absolute Gasteiger partial charge is 0.505 e. The van der Waals surface area contributed by atoms with E-state index < -0.39 is 0 Å². The Hall–Kier alpha value is -2.47. The van der Waals surface area contributed by atoms with Crippen LogP contribution < -0.4 is 0 Å². The Bertz CT molecular complexity index is 800. The van der Waals surface area contributed by atoms with Gasteiger partial charge in [-0.15, -0.1) is 0 Å². The van der Waals surface area contributed by atoms with Crippen molar-refractivity contribution in [1.82, 2.24) is 19.8 Å². The maximum absolute atomic E-state index is 13.2. The fourth-order valence-corrected chi connectivity index (χ4v) is 4.72.